The number of methoxy groups -OCH3 is 1. The first-order valence-corrected chi connectivity index (χ1v) is 13.7. The van der Waals surface area contributed by atoms with Crippen molar-refractivity contribution in [3.05, 3.63) is 75.9 Å². The number of allylic oxidation sites excluding steroid dienone is 2. The minimum absolute atomic E-state index is 0.0107. The maximum Gasteiger partial charge on any atom is 0.342 e. The van der Waals surface area contributed by atoms with E-state index in [4.69, 9.17) is 13.7 Å². The van der Waals surface area contributed by atoms with E-state index < -0.39 is 16.1 Å². The minimum atomic E-state index is -4.24. The molecule has 1 aliphatic carbocycles. The zero-order valence-electron chi connectivity index (χ0n) is 21.6. The summed E-state index contributed by atoms with van der Waals surface area (Å²) in [5.41, 5.74) is 4.68. The van der Waals surface area contributed by atoms with Crippen molar-refractivity contribution in [2.24, 2.45) is 11.8 Å². The van der Waals surface area contributed by atoms with E-state index in [1.165, 1.54) is 19.2 Å². The van der Waals surface area contributed by atoms with Crippen molar-refractivity contribution >= 4 is 28.1 Å². The van der Waals surface area contributed by atoms with Gasteiger partial charge in [0.15, 0.2) is 5.75 Å². The Morgan fingerprint density at radius 1 is 1.16 bits per heavy atom. The fourth-order valence-corrected chi connectivity index (χ4v) is 6.35. The third kappa shape index (κ3) is 5.07. The lowest BCUT2D eigenvalue weighted by Crippen LogP contribution is -2.21. The minimum Gasteiger partial charge on any atom is -0.469 e. The van der Waals surface area contributed by atoms with Gasteiger partial charge in [0.2, 0.25) is 0 Å². The maximum absolute atomic E-state index is 13.3. The summed E-state index contributed by atoms with van der Waals surface area (Å²) in [5.74, 6) is -1.02. The lowest BCUT2D eigenvalue weighted by atomic mass is 9.86. The van der Waals surface area contributed by atoms with Crippen molar-refractivity contribution in [2.45, 2.75) is 58.0 Å². The highest BCUT2D eigenvalue weighted by Gasteiger charge is 2.36. The fourth-order valence-electron chi connectivity index (χ4n) is 5.38. The number of hydrogen-bond acceptors (Lipinski definition) is 7. The molecule has 0 radical (unpaired) electrons. The number of esters is 2. The zero-order chi connectivity index (χ0) is 26.9. The summed E-state index contributed by atoms with van der Waals surface area (Å²) in [4.78, 5) is 25.0. The largest absolute Gasteiger partial charge is 0.469 e. The van der Waals surface area contributed by atoms with E-state index in [-0.39, 0.29) is 47.0 Å². The molecule has 8 heteroatoms. The van der Waals surface area contributed by atoms with Crippen LogP contribution in [-0.2, 0) is 37.4 Å². The van der Waals surface area contributed by atoms with Crippen molar-refractivity contribution in [3.63, 3.8) is 0 Å². The molecule has 7 nitrogen and oxygen atoms in total. The van der Waals surface area contributed by atoms with Gasteiger partial charge in [-0.15, -0.1) is 0 Å². The summed E-state index contributed by atoms with van der Waals surface area (Å²) >= 11 is 0. The maximum atomic E-state index is 13.3. The van der Waals surface area contributed by atoms with Gasteiger partial charge in [-0.3, -0.25) is 4.79 Å². The van der Waals surface area contributed by atoms with E-state index in [2.05, 4.69) is 6.58 Å². The van der Waals surface area contributed by atoms with Gasteiger partial charge in [-0.2, -0.15) is 8.42 Å². The Morgan fingerprint density at radius 2 is 1.84 bits per heavy atom. The van der Waals surface area contributed by atoms with E-state index >= 15 is 0 Å². The van der Waals surface area contributed by atoms with Crippen LogP contribution in [0.15, 0.2) is 47.4 Å². The topological polar surface area (TPSA) is 96.0 Å². The van der Waals surface area contributed by atoms with Gasteiger partial charge in [-0.05, 0) is 69.2 Å². The normalized spacial score (nSPS) is 19.4. The molecule has 196 valence electrons. The molecule has 0 N–H and O–H groups in total. The molecule has 0 saturated heterocycles. The van der Waals surface area contributed by atoms with Crippen molar-refractivity contribution in [2.75, 3.05) is 7.11 Å². The van der Waals surface area contributed by atoms with Crippen LogP contribution in [0.1, 0.15) is 64.4 Å². The second-order valence-corrected chi connectivity index (χ2v) is 11.2. The zero-order valence-corrected chi connectivity index (χ0v) is 22.4. The summed E-state index contributed by atoms with van der Waals surface area (Å²) in [6.07, 6.45) is 6.49. The van der Waals surface area contributed by atoms with Crippen LogP contribution in [0, 0.1) is 25.7 Å². The van der Waals surface area contributed by atoms with Crippen molar-refractivity contribution in [1.82, 2.24) is 0 Å². The monoisotopic (exact) mass is 524 g/mol. The summed E-state index contributed by atoms with van der Waals surface area (Å²) in [6, 6.07) is 6.32. The smallest absolute Gasteiger partial charge is 0.342 e. The predicted octanol–water partition coefficient (Wildman–Crippen LogP) is 5.46. The average Bonchev–Trinajstić information content (AvgIpc) is 3.51. The van der Waals surface area contributed by atoms with Gasteiger partial charge in [-0.1, -0.05) is 48.4 Å². The Morgan fingerprint density at radius 3 is 2.49 bits per heavy atom. The molecule has 0 spiro atoms. The van der Waals surface area contributed by atoms with Crippen LogP contribution in [0.5, 0.6) is 5.75 Å². The fraction of sp³-hybridized carbons (Fsp3) is 0.379. The molecule has 1 saturated carbocycles. The highest BCUT2D eigenvalue weighted by molar-refractivity contribution is 7.87. The summed E-state index contributed by atoms with van der Waals surface area (Å²) in [5, 5.41) is 0. The lowest BCUT2D eigenvalue weighted by molar-refractivity contribution is -0.146. The molecule has 2 aromatic rings. The Bertz CT molecular complexity index is 1380. The number of aryl methyl sites for hydroxylation is 1. The van der Waals surface area contributed by atoms with Crippen molar-refractivity contribution < 1.29 is 31.7 Å². The molecule has 37 heavy (non-hydrogen) atoms. The van der Waals surface area contributed by atoms with Gasteiger partial charge in [0.1, 0.15) is 17.1 Å². The molecule has 1 fully saturated rings. The molecular weight excluding hydrogens is 492 g/mol. The molecule has 2 aliphatic rings. The first-order valence-electron chi connectivity index (χ1n) is 12.3. The number of carbonyl (C=O) groups excluding carboxylic acids is 2. The number of ether oxygens (including phenoxy) is 2. The van der Waals surface area contributed by atoms with Crippen molar-refractivity contribution in [1.29, 1.82) is 0 Å². The van der Waals surface area contributed by atoms with E-state index in [0.717, 1.165) is 36.0 Å². The van der Waals surface area contributed by atoms with Crippen molar-refractivity contribution in [3.8, 4) is 5.75 Å². The first-order chi connectivity index (χ1) is 17.6. The van der Waals surface area contributed by atoms with Gasteiger partial charge in [0, 0.05) is 11.1 Å². The van der Waals surface area contributed by atoms with Crippen LogP contribution < -0.4 is 4.18 Å². The van der Waals surface area contributed by atoms with E-state index in [0.29, 0.717) is 16.7 Å². The number of fused-ring (bicyclic) bond motifs is 1. The third-order valence-electron chi connectivity index (χ3n) is 7.48. The van der Waals surface area contributed by atoms with Crippen LogP contribution in [0.2, 0.25) is 0 Å². The van der Waals surface area contributed by atoms with Crippen LogP contribution in [0.4, 0.5) is 0 Å². The van der Waals surface area contributed by atoms with E-state index in [1.54, 1.807) is 18.2 Å². The molecule has 0 bridgehead atoms. The summed E-state index contributed by atoms with van der Waals surface area (Å²) in [7, 11) is -2.84. The van der Waals surface area contributed by atoms with Gasteiger partial charge in [-0.25, -0.2) is 4.79 Å². The van der Waals surface area contributed by atoms with Gasteiger partial charge < -0.3 is 13.7 Å². The molecule has 2 atom stereocenters. The molecule has 2 unspecified atom stereocenters. The number of cyclic esters (lactones) is 1. The Hall–Kier alpha value is -3.39. The number of rotatable bonds is 8. The van der Waals surface area contributed by atoms with Gasteiger partial charge in [0.25, 0.3) is 0 Å². The molecule has 0 amide bonds. The van der Waals surface area contributed by atoms with E-state index in [1.807, 2.05) is 26.8 Å². The summed E-state index contributed by atoms with van der Waals surface area (Å²) in [6.45, 7) is 9.67. The second kappa shape index (κ2) is 10.5. The molecule has 1 heterocycles. The molecule has 4 rings (SSSR count). The van der Waals surface area contributed by atoms with Crippen LogP contribution in [-0.4, -0.2) is 27.5 Å². The molecule has 2 aromatic carbocycles. The van der Waals surface area contributed by atoms with Gasteiger partial charge in [0.05, 0.1) is 13.0 Å². The van der Waals surface area contributed by atoms with Crippen LogP contribution in [0.3, 0.4) is 0 Å². The highest BCUT2D eigenvalue weighted by atomic mass is 32.2. The SMILES string of the molecule is C=Cc1c(C)c2c(c(OS(=O)(=O)c3ccc(C)cc3)c1C/C=C(\C)C1CCCC1C(=O)OC)C(=O)OC2. The number of carbonyl (C=O) groups is 2. The quantitative estimate of drug-likeness (QED) is 0.257. The Balaban J connectivity index is 1.80. The molecular formula is C29H32O7S. The van der Waals surface area contributed by atoms with Gasteiger partial charge >= 0.3 is 22.1 Å². The predicted molar refractivity (Wildman–Crippen MR) is 140 cm³/mol. The third-order valence-corrected chi connectivity index (χ3v) is 8.71. The highest BCUT2D eigenvalue weighted by Crippen LogP contribution is 2.42. The lowest BCUT2D eigenvalue weighted by Gasteiger charge is -2.20. The Labute approximate surface area is 218 Å². The summed E-state index contributed by atoms with van der Waals surface area (Å²) < 4.78 is 42.6. The molecule has 0 aromatic heterocycles. The number of benzene rings is 2. The first kappa shape index (κ1) is 26.7. The van der Waals surface area contributed by atoms with Crippen LogP contribution >= 0.6 is 0 Å². The second-order valence-electron chi connectivity index (χ2n) is 9.65. The molecule has 1 aliphatic heterocycles. The number of hydrogen-bond donors (Lipinski definition) is 0. The Kier molecular flexibility index (Phi) is 7.59. The van der Waals surface area contributed by atoms with Crippen LogP contribution in [0.25, 0.3) is 6.08 Å². The average molecular weight is 525 g/mol. The van der Waals surface area contributed by atoms with E-state index in [9.17, 15) is 18.0 Å². The standard InChI is InChI=1S/C29H32O7S/c1-6-21-19(4)25-16-35-29(31)26(25)27(36-37(32,33)20-13-10-17(2)11-14-20)23(21)15-12-18(3)22-8-7-9-24(22)28(30)34-5/h6,10-14,22,24H,1,7-9,15-16H2,2-5H3/b18-12+.